The van der Waals surface area contributed by atoms with E-state index in [4.69, 9.17) is 0 Å². The highest BCUT2D eigenvalue weighted by atomic mass is 16.1. The molecule has 1 aromatic carbocycles. The molecule has 2 rings (SSSR count). The predicted molar refractivity (Wildman–Crippen MR) is 78.3 cm³/mol. The van der Waals surface area contributed by atoms with E-state index in [2.05, 4.69) is 19.9 Å². The van der Waals surface area contributed by atoms with Crippen LogP contribution in [0, 0.1) is 23.2 Å². The first-order valence-corrected chi connectivity index (χ1v) is 7.41. The van der Waals surface area contributed by atoms with Gasteiger partial charge in [0.1, 0.15) is 12.5 Å². The molecule has 1 heterocycles. The summed E-state index contributed by atoms with van der Waals surface area (Å²) in [6.07, 6.45) is 1.25. The number of piperidine rings is 1. The third kappa shape index (κ3) is 3.68. The van der Waals surface area contributed by atoms with Crippen molar-refractivity contribution in [2.24, 2.45) is 11.8 Å². The van der Waals surface area contributed by atoms with Crippen LogP contribution in [0.25, 0.3) is 0 Å². The van der Waals surface area contributed by atoms with Crippen molar-refractivity contribution in [2.45, 2.75) is 26.2 Å². The van der Waals surface area contributed by atoms with Crippen molar-refractivity contribution in [3.05, 3.63) is 35.9 Å². The van der Waals surface area contributed by atoms with Crippen LogP contribution in [0.4, 0.5) is 0 Å². The number of quaternary nitrogens is 1. The van der Waals surface area contributed by atoms with Crippen molar-refractivity contribution in [2.75, 3.05) is 19.6 Å². The van der Waals surface area contributed by atoms with Gasteiger partial charge in [0.15, 0.2) is 0 Å². The summed E-state index contributed by atoms with van der Waals surface area (Å²) in [5.74, 6) is 0.767. The number of hydrogen-bond donors (Lipinski definition) is 1. The topological polar surface area (TPSA) is 45.3 Å². The molecule has 1 aliphatic heterocycles. The molecule has 20 heavy (non-hydrogen) atoms. The van der Waals surface area contributed by atoms with Crippen molar-refractivity contribution in [3.8, 4) is 6.07 Å². The van der Waals surface area contributed by atoms with Crippen molar-refractivity contribution in [3.63, 3.8) is 0 Å². The summed E-state index contributed by atoms with van der Waals surface area (Å²) in [4.78, 5) is 13.7. The molecule has 1 N–H and O–H groups in total. The van der Waals surface area contributed by atoms with Gasteiger partial charge in [-0.2, -0.15) is 5.26 Å². The molecule has 0 saturated carbocycles. The minimum absolute atomic E-state index is 0.0509. The lowest BCUT2D eigenvalue weighted by atomic mass is 9.90. The number of ketones is 1. The Bertz CT molecular complexity index is 481. The van der Waals surface area contributed by atoms with Crippen LogP contribution < -0.4 is 4.90 Å². The van der Waals surface area contributed by atoms with Gasteiger partial charge in [-0.25, -0.2) is 0 Å². The van der Waals surface area contributed by atoms with Gasteiger partial charge in [-0.15, -0.1) is 0 Å². The third-order valence-electron chi connectivity index (χ3n) is 4.09. The maximum Gasteiger partial charge on any atom is 0.208 e. The normalized spacial score (nSPS) is 27.6. The van der Waals surface area contributed by atoms with Gasteiger partial charge >= 0.3 is 0 Å². The van der Waals surface area contributed by atoms with Gasteiger partial charge in [-0.1, -0.05) is 44.2 Å². The van der Waals surface area contributed by atoms with Gasteiger partial charge in [-0.3, -0.25) is 4.79 Å². The Hall–Kier alpha value is -1.66. The van der Waals surface area contributed by atoms with Crippen LogP contribution in [-0.4, -0.2) is 25.4 Å². The Kier molecular flexibility index (Phi) is 4.92. The van der Waals surface area contributed by atoms with Gasteiger partial charge in [0.25, 0.3) is 0 Å². The van der Waals surface area contributed by atoms with Crippen LogP contribution in [0.1, 0.15) is 31.7 Å². The number of benzene rings is 1. The minimum Gasteiger partial charge on any atom is -0.328 e. The molecule has 1 aromatic rings. The number of carbonyl (C=O) groups is 1. The van der Waals surface area contributed by atoms with Crippen LogP contribution >= 0.6 is 0 Å². The van der Waals surface area contributed by atoms with E-state index < -0.39 is 5.92 Å². The van der Waals surface area contributed by atoms with Gasteiger partial charge < -0.3 is 4.90 Å². The molecule has 4 atom stereocenters. The van der Waals surface area contributed by atoms with E-state index in [-0.39, 0.29) is 5.78 Å². The zero-order valence-corrected chi connectivity index (χ0v) is 12.3. The second kappa shape index (κ2) is 6.67. The van der Waals surface area contributed by atoms with Gasteiger partial charge in [0.2, 0.25) is 5.78 Å². The Morgan fingerprint density at radius 3 is 2.45 bits per heavy atom. The molecule has 0 spiro atoms. The smallest absolute Gasteiger partial charge is 0.208 e. The van der Waals surface area contributed by atoms with Crippen LogP contribution in [0.3, 0.4) is 0 Å². The van der Waals surface area contributed by atoms with E-state index >= 15 is 0 Å². The zero-order chi connectivity index (χ0) is 14.5. The first kappa shape index (κ1) is 14.7. The monoisotopic (exact) mass is 271 g/mol. The maximum absolute atomic E-state index is 12.4. The van der Waals surface area contributed by atoms with E-state index in [1.54, 1.807) is 0 Å². The molecular weight excluding hydrogens is 248 g/mol. The lowest BCUT2D eigenvalue weighted by Crippen LogP contribution is -3.15. The largest absolute Gasteiger partial charge is 0.328 e. The summed E-state index contributed by atoms with van der Waals surface area (Å²) in [5, 5.41) is 9.30. The van der Waals surface area contributed by atoms with Gasteiger partial charge in [0, 0.05) is 11.8 Å². The van der Waals surface area contributed by atoms with Gasteiger partial charge in [-0.05, 0) is 12.0 Å². The van der Waals surface area contributed by atoms with Crippen LogP contribution in [0.2, 0.25) is 0 Å². The highest BCUT2D eigenvalue weighted by Crippen LogP contribution is 2.16. The van der Waals surface area contributed by atoms with Crippen molar-refractivity contribution < 1.29 is 9.69 Å². The Morgan fingerprint density at radius 2 is 1.90 bits per heavy atom. The second-order valence-electron chi connectivity index (χ2n) is 6.22. The molecule has 0 amide bonds. The van der Waals surface area contributed by atoms with Crippen LogP contribution in [0.15, 0.2) is 30.3 Å². The predicted octanol–water partition coefficient (Wildman–Crippen LogP) is 1.42. The van der Waals surface area contributed by atoms with Crippen molar-refractivity contribution in [1.82, 2.24) is 0 Å². The standard InChI is InChI=1S/C17H22N2O/c1-13-8-14(2)11-19(10-13)12-17(20)16(9-18)15-6-4-3-5-7-15/h3-7,13-14,16H,8,10-12H2,1-2H3/p+1/t13-,14+,16-/m0/s1. The fraction of sp³-hybridized carbons (Fsp3) is 0.529. The summed E-state index contributed by atoms with van der Waals surface area (Å²) in [5.41, 5.74) is 0.817. The van der Waals surface area contributed by atoms with E-state index in [9.17, 15) is 10.1 Å². The average Bonchev–Trinajstić information content (AvgIpc) is 2.39. The molecular formula is C17H23N2O+. The van der Waals surface area contributed by atoms with Crippen LogP contribution in [-0.2, 0) is 4.79 Å². The number of hydrogen-bond acceptors (Lipinski definition) is 2. The minimum atomic E-state index is -0.615. The second-order valence-corrected chi connectivity index (χ2v) is 6.22. The molecule has 1 fully saturated rings. The molecule has 0 aliphatic carbocycles. The summed E-state index contributed by atoms with van der Waals surface area (Å²) >= 11 is 0. The fourth-order valence-electron chi connectivity index (χ4n) is 3.39. The highest BCUT2D eigenvalue weighted by Gasteiger charge is 2.29. The van der Waals surface area contributed by atoms with E-state index in [1.165, 1.54) is 11.3 Å². The molecule has 106 valence electrons. The first-order chi connectivity index (χ1) is 9.60. The summed E-state index contributed by atoms with van der Waals surface area (Å²) < 4.78 is 0. The number of nitrogens with one attached hydrogen (secondary N) is 1. The van der Waals surface area contributed by atoms with E-state index in [0.29, 0.717) is 18.4 Å². The lowest BCUT2D eigenvalue weighted by Gasteiger charge is -2.31. The van der Waals surface area contributed by atoms with Crippen molar-refractivity contribution >= 4 is 5.78 Å². The molecule has 0 bridgehead atoms. The summed E-state index contributed by atoms with van der Waals surface area (Å²) in [6, 6.07) is 11.6. The lowest BCUT2D eigenvalue weighted by molar-refractivity contribution is -0.904. The van der Waals surface area contributed by atoms with E-state index in [0.717, 1.165) is 18.7 Å². The Labute approximate surface area is 121 Å². The maximum atomic E-state index is 12.4. The molecule has 0 radical (unpaired) electrons. The number of likely N-dealkylation sites (tertiary alicyclic amines) is 1. The molecule has 1 saturated heterocycles. The molecule has 3 heteroatoms. The Balaban J connectivity index is 2.02. The van der Waals surface area contributed by atoms with Crippen molar-refractivity contribution in [1.29, 1.82) is 5.26 Å². The van der Waals surface area contributed by atoms with Crippen LogP contribution in [0.5, 0.6) is 0 Å². The zero-order valence-electron chi connectivity index (χ0n) is 12.3. The number of Topliss-reactive ketones (excluding diaryl/α,β-unsaturated/α-hetero) is 1. The number of nitriles is 1. The first-order valence-electron chi connectivity index (χ1n) is 7.41. The van der Waals surface area contributed by atoms with Gasteiger partial charge in [0.05, 0.1) is 19.2 Å². The molecule has 1 unspecified atom stereocenters. The fourth-order valence-corrected chi connectivity index (χ4v) is 3.39. The molecule has 1 aliphatic rings. The average molecular weight is 271 g/mol. The summed E-state index contributed by atoms with van der Waals surface area (Å²) in [7, 11) is 0. The SMILES string of the molecule is C[C@@H]1C[C@H](C)C[NH+](CC(=O)[C@@H](C#N)c2ccccc2)C1. The number of rotatable bonds is 4. The quantitative estimate of drug-likeness (QED) is 0.900. The summed E-state index contributed by atoms with van der Waals surface area (Å²) in [6.45, 7) is 7.06. The Morgan fingerprint density at radius 1 is 1.30 bits per heavy atom. The number of carbonyl (C=O) groups excluding carboxylic acids is 1. The highest BCUT2D eigenvalue weighted by molar-refractivity contribution is 5.89. The molecule has 3 nitrogen and oxygen atoms in total. The number of nitrogens with zero attached hydrogens (tertiary/aromatic N) is 1. The molecule has 0 aromatic heterocycles. The van der Waals surface area contributed by atoms with E-state index in [1.807, 2.05) is 30.3 Å². The third-order valence-corrected chi connectivity index (χ3v) is 4.09.